The second-order valence-electron chi connectivity index (χ2n) is 7.58. The summed E-state index contributed by atoms with van der Waals surface area (Å²) < 4.78 is 0. The minimum absolute atomic E-state index is 0.0263. The van der Waals surface area contributed by atoms with Gasteiger partial charge in [-0.25, -0.2) is 0 Å². The van der Waals surface area contributed by atoms with Crippen LogP contribution in [0.15, 0.2) is 42.5 Å². The molecule has 5 heteroatoms. The van der Waals surface area contributed by atoms with Gasteiger partial charge < -0.3 is 5.32 Å². The van der Waals surface area contributed by atoms with Crippen LogP contribution in [0.5, 0.6) is 0 Å². The molecule has 0 bridgehead atoms. The van der Waals surface area contributed by atoms with E-state index in [9.17, 15) is 4.79 Å². The highest BCUT2D eigenvalue weighted by Crippen LogP contribution is 2.28. The first kappa shape index (κ1) is 21.2. The molecule has 0 aromatic heterocycles. The minimum Gasteiger partial charge on any atom is -0.349 e. The van der Waals surface area contributed by atoms with Crippen LogP contribution in [0.4, 0.5) is 0 Å². The summed E-state index contributed by atoms with van der Waals surface area (Å²) >= 11 is 12.6. The van der Waals surface area contributed by atoms with E-state index in [4.69, 9.17) is 23.2 Å². The summed E-state index contributed by atoms with van der Waals surface area (Å²) in [5.41, 5.74) is 3.43. The maximum absolute atomic E-state index is 12.7. The molecule has 1 N–H and O–H groups in total. The molecule has 1 aliphatic rings. The molecule has 1 unspecified atom stereocenters. The van der Waals surface area contributed by atoms with Crippen LogP contribution < -0.4 is 5.32 Å². The Hall–Kier alpha value is -1.55. The molecule has 1 aliphatic heterocycles. The zero-order valence-electron chi connectivity index (χ0n) is 16.6. The van der Waals surface area contributed by atoms with E-state index in [0.717, 1.165) is 50.0 Å². The van der Waals surface area contributed by atoms with Crippen LogP contribution in [0, 0.1) is 5.92 Å². The predicted molar refractivity (Wildman–Crippen MR) is 117 cm³/mol. The number of hydrogen-bond donors (Lipinski definition) is 1. The second kappa shape index (κ2) is 9.78. The number of halogens is 2. The highest BCUT2D eigenvalue weighted by Gasteiger charge is 2.26. The Bertz CT molecular complexity index is 778. The number of hydrogen-bond acceptors (Lipinski definition) is 2. The Balaban J connectivity index is 1.50. The lowest BCUT2D eigenvalue weighted by atomic mass is 9.94. The van der Waals surface area contributed by atoms with E-state index in [1.54, 1.807) is 0 Å². The molecule has 0 spiro atoms. The predicted octanol–water partition coefficient (Wildman–Crippen LogP) is 5.65. The van der Waals surface area contributed by atoms with Gasteiger partial charge in [0.2, 0.25) is 5.91 Å². The fourth-order valence-electron chi connectivity index (χ4n) is 3.72. The summed E-state index contributed by atoms with van der Waals surface area (Å²) in [5, 5.41) is 4.59. The lowest BCUT2D eigenvalue weighted by Crippen LogP contribution is -2.41. The maximum atomic E-state index is 12.7. The lowest BCUT2D eigenvalue weighted by molar-refractivity contribution is -0.127. The standard InChI is InChI=1S/C23H28Cl2N2O/c1-3-17-7-9-18(10-8-17)16(2)26-23(28)19-11-13-27(14-12-19)15-20-21(24)5-4-6-22(20)25/h4-10,16,19H,3,11-15H2,1-2H3,(H,26,28). The van der Waals surface area contributed by atoms with Crippen molar-refractivity contribution in [1.29, 1.82) is 0 Å². The Labute approximate surface area is 178 Å². The monoisotopic (exact) mass is 418 g/mol. The quantitative estimate of drug-likeness (QED) is 0.657. The number of carbonyl (C=O) groups excluding carboxylic acids is 1. The van der Waals surface area contributed by atoms with Crippen molar-refractivity contribution in [1.82, 2.24) is 10.2 Å². The van der Waals surface area contributed by atoms with Gasteiger partial charge >= 0.3 is 0 Å². The molecule has 1 atom stereocenters. The Morgan fingerprint density at radius 2 is 1.71 bits per heavy atom. The molecule has 1 heterocycles. The molecule has 150 valence electrons. The Morgan fingerprint density at radius 1 is 1.11 bits per heavy atom. The van der Waals surface area contributed by atoms with Crippen LogP contribution in [0.25, 0.3) is 0 Å². The van der Waals surface area contributed by atoms with Gasteiger partial charge in [0.1, 0.15) is 0 Å². The summed E-state index contributed by atoms with van der Waals surface area (Å²) in [5.74, 6) is 0.220. The topological polar surface area (TPSA) is 32.3 Å². The average Bonchev–Trinajstić information content (AvgIpc) is 2.71. The molecule has 0 radical (unpaired) electrons. The third-order valence-electron chi connectivity index (χ3n) is 5.65. The SMILES string of the molecule is CCc1ccc(C(C)NC(=O)C2CCN(Cc3c(Cl)cccc3Cl)CC2)cc1. The highest BCUT2D eigenvalue weighted by atomic mass is 35.5. The third-order valence-corrected chi connectivity index (χ3v) is 6.36. The van der Waals surface area contributed by atoms with Crippen LogP contribution >= 0.6 is 23.2 Å². The van der Waals surface area contributed by atoms with E-state index < -0.39 is 0 Å². The first-order chi connectivity index (χ1) is 13.5. The van der Waals surface area contributed by atoms with E-state index in [-0.39, 0.29) is 17.9 Å². The van der Waals surface area contributed by atoms with E-state index in [2.05, 4.69) is 41.4 Å². The Kier molecular flexibility index (Phi) is 7.39. The van der Waals surface area contributed by atoms with E-state index >= 15 is 0 Å². The van der Waals surface area contributed by atoms with Crippen molar-refractivity contribution in [2.24, 2.45) is 5.92 Å². The second-order valence-corrected chi connectivity index (χ2v) is 8.39. The zero-order valence-corrected chi connectivity index (χ0v) is 18.1. The summed E-state index contributed by atoms with van der Waals surface area (Å²) in [7, 11) is 0. The first-order valence-electron chi connectivity index (χ1n) is 10.0. The van der Waals surface area contributed by atoms with Gasteiger partial charge in [-0.1, -0.05) is 60.5 Å². The highest BCUT2D eigenvalue weighted by molar-refractivity contribution is 6.35. The molecule has 1 fully saturated rings. The van der Waals surface area contributed by atoms with Gasteiger partial charge in [-0.2, -0.15) is 0 Å². The van der Waals surface area contributed by atoms with Gasteiger partial charge in [-0.05, 0) is 62.5 Å². The molecule has 2 aromatic carbocycles. The van der Waals surface area contributed by atoms with Gasteiger partial charge in [0.05, 0.1) is 6.04 Å². The first-order valence-corrected chi connectivity index (χ1v) is 10.8. The summed E-state index contributed by atoms with van der Waals surface area (Å²) in [6.45, 7) is 6.67. The number of nitrogens with one attached hydrogen (secondary N) is 1. The van der Waals surface area contributed by atoms with Crippen molar-refractivity contribution >= 4 is 29.1 Å². The fourth-order valence-corrected chi connectivity index (χ4v) is 4.23. The molecule has 3 rings (SSSR count). The van der Waals surface area contributed by atoms with Crippen LogP contribution in [0.2, 0.25) is 10.0 Å². The average molecular weight is 419 g/mol. The largest absolute Gasteiger partial charge is 0.349 e. The van der Waals surface area contributed by atoms with E-state index in [1.807, 2.05) is 25.1 Å². The number of benzene rings is 2. The van der Waals surface area contributed by atoms with Gasteiger partial charge in [-0.3, -0.25) is 9.69 Å². The normalized spacial score (nSPS) is 16.7. The Morgan fingerprint density at radius 3 is 2.29 bits per heavy atom. The van der Waals surface area contributed by atoms with Crippen molar-refractivity contribution < 1.29 is 4.79 Å². The molecule has 1 amide bonds. The molecule has 0 saturated carbocycles. The number of amides is 1. The van der Waals surface area contributed by atoms with Crippen LogP contribution in [0.1, 0.15) is 49.4 Å². The summed E-state index contributed by atoms with van der Waals surface area (Å²) in [6, 6.07) is 14.1. The van der Waals surface area contributed by atoms with Crippen LogP contribution in [-0.4, -0.2) is 23.9 Å². The van der Waals surface area contributed by atoms with Gasteiger partial charge in [0.25, 0.3) is 0 Å². The summed E-state index contributed by atoms with van der Waals surface area (Å²) in [6.07, 6.45) is 2.74. The van der Waals surface area contributed by atoms with Gasteiger partial charge in [-0.15, -0.1) is 0 Å². The molecule has 1 saturated heterocycles. The van der Waals surface area contributed by atoms with Crippen molar-refractivity contribution in [2.45, 2.75) is 45.7 Å². The number of aryl methyl sites for hydroxylation is 1. The van der Waals surface area contributed by atoms with Crippen molar-refractivity contribution in [3.63, 3.8) is 0 Å². The van der Waals surface area contributed by atoms with E-state index in [0.29, 0.717) is 10.0 Å². The van der Waals surface area contributed by atoms with Crippen LogP contribution in [0.3, 0.4) is 0 Å². The van der Waals surface area contributed by atoms with Crippen molar-refractivity contribution in [3.05, 3.63) is 69.2 Å². The van der Waals surface area contributed by atoms with Gasteiger partial charge in [0, 0.05) is 28.1 Å². The maximum Gasteiger partial charge on any atom is 0.223 e. The van der Waals surface area contributed by atoms with Crippen molar-refractivity contribution in [2.75, 3.05) is 13.1 Å². The number of likely N-dealkylation sites (tertiary alicyclic amines) is 1. The molecular formula is C23H28Cl2N2O. The minimum atomic E-state index is 0.0263. The molecule has 0 aliphatic carbocycles. The van der Waals surface area contributed by atoms with Crippen LogP contribution in [-0.2, 0) is 17.8 Å². The van der Waals surface area contributed by atoms with Crippen molar-refractivity contribution in [3.8, 4) is 0 Å². The zero-order chi connectivity index (χ0) is 20.1. The van der Waals surface area contributed by atoms with E-state index in [1.165, 1.54) is 5.56 Å². The van der Waals surface area contributed by atoms with Gasteiger partial charge in [0.15, 0.2) is 0 Å². The third kappa shape index (κ3) is 5.28. The summed E-state index contributed by atoms with van der Waals surface area (Å²) in [4.78, 5) is 15.0. The number of carbonyl (C=O) groups is 1. The number of rotatable bonds is 6. The fraction of sp³-hybridized carbons (Fsp3) is 0.435. The smallest absolute Gasteiger partial charge is 0.223 e. The lowest BCUT2D eigenvalue weighted by Gasteiger charge is -2.32. The molecule has 3 nitrogen and oxygen atoms in total. The molecular weight excluding hydrogens is 391 g/mol. The molecule has 2 aromatic rings. The number of nitrogens with zero attached hydrogens (tertiary/aromatic N) is 1. The number of piperidine rings is 1. The molecule has 28 heavy (non-hydrogen) atoms.